The quantitative estimate of drug-likeness (QED) is 0.275. The van der Waals surface area contributed by atoms with Gasteiger partial charge in [-0.15, -0.1) is 23.1 Å². The molecule has 2 heterocycles. The van der Waals surface area contributed by atoms with Crippen molar-refractivity contribution in [1.29, 1.82) is 0 Å². The molecule has 0 radical (unpaired) electrons. The second-order valence-electron chi connectivity index (χ2n) is 5.07. The Morgan fingerprint density at radius 3 is 2.73 bits per heavy atom. The maximum absolute atomic E-state index is 4.53. The second-order valence-corrected chi connectivity index (χ2v) is 7.93. The Morgan fingerprint density at radius 1 is 1.14 bits per heavy atom. The van der Waals surface area contributed by atoms with Crippen molar-refractivity contribution in [3.05, 3.63) is 40.4 Å². The van der Waals surface area contributed by atoms with Gasteiger partial charge in [0.05, 0.1) is 5.39 Å². The van der Waals surface area contributed by atoms with Crippen LogP contribution in [0.1, 0.15) is 26.2 Å². The van der Waals surface area contributed by atoms with Crippen LogP contribution >= 0.6 is 39.0 Å². The van der Waals surface area contributed by atoms with Crippen LogP contribution in [0.4, 0.5) is 0 Å². The van der Waals surface area contributed by atoms with Crippen LogP contribution in [0.2, 0.25) is 0 Å². The molecule has 0 saturated carbocycles. The zero-order valence-electron chi connectivity index (χ0n) is 12.4. The fraction of sp³-hybridized carbons (Fsp3) is 0.294. The highest BCUT2D eigenvalue weighted by molar-refractivity contribution is 9.10. The number of hydrogen-bond acceptors (Lipinski definition) is 4. The van der Waals surface area contributed by atoms with Crippen LogP contribution in [0, 0.1) is 0 Å². The van der Waals surface area contributed by atoms with E-state index in [2.05, 4.69) is 62.5 Å². The van der Waals surface area contributed by atoms with Gasteiger partial charge in [0.15, 0.2) is 0 Å². The molecule has 5 heteroatoms. The van der Waals surface area contributed by atoms with E-state index in [0.29, 0.717) is 0 Å². The van der Waals surface area contributed by atoms with Crippen molar-refractivity contribution in [2.24, 2.45) is 0 Å². The summed E-state index contributed by atoms with van der Waals surface area (Å²) in [5.74, 6) is 1.12. The zero-order chi connectivity index (χ0) is 15.4. The van der Waals surface area contributed by atoms with Gasteiger partial charge in [-0.3, -0.25) is 0 Å². The van der Waals surface area contributed by atoms with Crippen LogP contribution in [0.5, 0.6) is 0 Å². The number of rotatable bonds is 6. The molecule has 22 heavy (non-hydrogen) atoms. The molecule has 3 aromatic rings. The summed E-state index contributed by atoms with van der Waals surface area (Å²) in [7, 11) is 0. The van der Waals surface area contributed by atoms with Gasteiger partial charge in [-0.05, 0) is 29.9 Å². The Balaban J connectivity index is 1.95. The lowest BCUT2D eigenvalue weighted by Gasteiger charge is -2.05. The Morgan fingerprint density at radius 2 is 1.95 bits per heavy atom. The van der Waals surface area contributed by atoms with E-state index in [-0.39, 0.29) is 0 Å². The molecule has 2 aromatic heterocycles. The third-order valence-corrected chi connectivity index (χ3v) is 5.97. The first-order chi connectivity index (χ1) is 10.8. The number of aromatic nitrogens is 2. The molecule has 0 unspecified atom stereocenters. The summed E-state index contributed by atoms with van der Waals surface area (Å²) in [4.78, 5) is 10.0. The summed E-state index contributed by atoms with van der Waals surface area (Å²) in [5, 5.41) is 4.51. The first-order valence-electron chi connectivity index (χ1n) is 7.40. The van der Waals surface area contributed by atoms with Gasteiger partial charge in [0.2, 0.25) is 0 Å². The van der Waals surface area contributed by atoms with Gasteiger partial charge in [-0.2, -0.15) is 0 Å². The van der Waals surface area contributed by atoms with Crippen molar-refractivity contribution in [2.75, 3.05) is 5.75 Å². The predicted molar refractivity (Wildman–Crippen MR) is 101 cm³/mol. The average molecular weight is 393 g/mol. The van der Waals surface area contributed by atoms with Crippen LogP contribution in [-0.4, -0.2) is 15.7 Å². The van der Waals surface area contributed by atoms with Crippen molar-refractivity contribution in [3.8, 4) is 11.1 Å². The van der Waals surface area contributed by atoms with E-state index < -0.39 is 0 Å². The molecular formula is C17H17BrN2S2. The van der Waals surface area contributed by atoms with Crippen LogP contribution in [0.3, 0.4) is 0 Å². The number of benzene rings is 1. The molecule has 0 N–H and O–H groups in total. The van der Waals surface area contributed by atoms with Crippen molar-refractivity contribution < 1.29 is 0 Å². The van der Waals surface area contributed by atoms with Gasteiger partial charge >= 0.3 is 0 Å². The standard InChI is InChI=1S/C17H17BrN2S2/c1-2-3-4-9-21-16-15-14(10-22-17(15)20-11-19-16)12-5-7-13(18)8-6-12/h5-8,10-11H,2-4,9H2,1H3. The van der Waals surface area contributed by atoms with E-state index >= 15 is 0 Å². The molecule has 1 aromatic carbocycles. The summed E-state index contributed by atoms with van der Waals surface area (Å²) in [6, 6.07) is 8.45. The number of thioether (sulfide) groups is 1. The van der Waals surface area contributed by atoms with Crippen LogP contribution in [0.25, 0.3) is 21.3 Å². The minimum Gasteiger partial charge on any atom is -0.229 e. The number of hydrogen-bond donors (Lipinski definition) is 0. The fourth-order valence-corrected chi connectivity index (χ4v) is 4.58. The zero-order valence-corrected chi connectivity index (χ0v) is 15.6. The number of halogens is 1. The molecule has 0 bridgehead atoms. The lowest BCUT2D eigenvalue weighted by molar-refractivity contribution is 0.778. The Labute approximate surface area is 147 Å². The first kappa shape index (κ1) is 16.0. The number of thiophene rings is 1. The van der Waals surface area contributed by atoms with E-state index in [9.17, 15) is 0 Å². The highest BCUT2D eigenvalue weighted by Crippen LogP contribution is 2.38. The van der Waals surface area contributed by atoms with Gasteiger partial charge in [-0.1, -0.05) is 47.8 Å². The van der Waals surface area contributed by atoms with Gasteiger partial charge in [0, 0.05) is 15.4 Å². The molecule has 0 spiro atoms. The molecule has 0 aliphatic rings. The Hall–Kier alpha value is -0.910. The maximum Gasteiger partial charge on any atom is 0.128 e. The monoisotopic (exact) mass is 392 g/mol. The van der Waals surface area contributed by atoms with Gasteiger partial charge in [0.25, 0.3) is 0 Å². The van der Waals surface area contributed by atoms with E-state index in [1.807, 2.05) is 11.8 Å². The third kappa shape index (κ3) is 3.53. The Kier molecular flexibility index (Phi) is 5.50. The molecule has 2 nitrogen and oxygen atoms in total. The van der Waals surface area contributed by atoms with Gasteiger partial charge < -0.3 is 0 Å². The molecule has 0 amide bonds. The number of fused-ring (bicyclic) bond motifs is 1. The predicted octanol–water partition coefficient (Wildman–Crippen LogP) is 6.40. The average Bonchev–Trinajstić information content (AvgIpc) is 2.97. The van der Waals surface area contributed by atoms with Crippen molar-refractivity contribution in [2.45, 2.75) is 31.2 Å². The fourth-order valence-electron chi connectivity index (χ4n) is 2.32. The highest BCUT2D eigenvalue weighted by Gasteiger charge is 2.13. The second kappa shape index (κ2) is 7.57. The number of nitrogens with zero attached hydrogens (tertiary/aromatic N) is 2. The smallest absolute Gasteiger partial charge is 0.128 e. The summed E-state index contributed by atoms with van der Waals surface area (Å²) in [6.45, 7) is 2.23. The minimum atomic E-state index is 1.07. The molecule has 0 aliphatic heterocycles. The minimum absolute atomic E-state index is 1.07. The maximum atomic E-state index is 4.53. The highest BCUT2D eigenvalue weighted by atomic mass is 79.9. The lowest BCUT2D eigenvalue weighted by atomic mass is 10.1. The van der Waals surface area contributed by atoms with Crippen LogP contribution in [0.15, 0.2) is 45.5 Å². The molecule has 3 rings (SSSR count). The normalized spacial score (nSPS) is 11.2. The van der Waals surface area contributed by atoms with E-state index in [1.165, 1.54) is 35.8 Å². The summed E-state index contributed by atoms with van der Waals surface area (Å²) >= 11 is 7.04. The SMILES string of the molecule is CCCCCSc1ncnc2scc(-c3ccc(Br)cc3)c12. The summed E-state index contributed by atoms with van der Waals surface area (Å²) in [6.07, 6.45) is 5.46. The third-order valence-electron chi connectivity index (χ3n) is 3.48. The van der Waals surface area contributed by atoms with Gasteiger partial charge in [0.1, 0.15) is 16.2 Å². The summed E-state index contributed by atoms with van der Waals surface area (Å²) in [5.41, 5.74) is 2.46. The molecule has 0 saturated heterocycles. The molecule has 0 fully saturated rings. The van der Waals surface area contributed by atoms with Crippen LogP contribution in [-0.2, 0) is 0 Å². The van der Waals surface area contributed by atoms with Crippen molar-refractivity contribution in [3.63, 3.8) is 0 Å². The molecular weight excluding hydrogens is 376 g/mol. The van der Waals surface area contributed by atoms with Crippen molar-refractivity contribution >= 4 is 49.2 Å². The molecule has 0 atom stereocenters. The topological polar surface area (TPSA) is 25.8 Å². The first-order valence-corrected chi connectivity index (χ1v) is 10.1. The van der Waals surface area contributed by atoms with E-state index in [4.69, 9.17) is 0 Å². The van der Waals surface area contributed by atoms with E-state index in [0.717, 1.165) is 20.1 Å². The van der Waals surface area contributed by atoms with Crippen molar-refractivity contribution in [1.82, 2.24) is 9.97 Å². The largest absolute Gasteiger partial charge is 0.229 e. The molecule has 0 aliphatic carbocycles. The lowest BCUT2D eigenvalue weighted by Crippen LogP contribution is -1.88. The number of unbranched alkanes of at least 4 members (excludes halogenated alkanes) is 2. The van der Waals surface area contributed by atoms with Crippen LogP contribution < -0.4 is 0 Å². The van der Waals surface area contributed by atoms with Gasteiger partial charge in [-0.25, -0.2) is 9.97 Å². The molecule has 114 valence electrons. The van der Waals surface area contributed by atoms with E-state index in [1.54, 1.807) is 17.7 Å². The Bertz CT molecular complexity index is 753. The summed E-state index contributed by atoms with van der Waals surface area (Å²) < 4.78 is 1.10.